The molecular weight excluding hydrogens is 250 g/mol. The van der Waals surface area contributed by atoms with E-state index in [0.29, 0.717) is 0 Å². The van der Waals surface area contributed by atoms with Crippen LogP contribution in [0.3, 0.4) is 0 Å². The summed E-state index contributed by atoms with van der Waals surface area (Å²) in [6.45, 7) is 0.730. The fourth-order valence-corrected chi connectivity index (χ4v) is 2.07. The summed E-state index contributed by atoms with van der Waals surface area (Å²) in [4.78, 5) is 8.35. The lowest BCUT2D eigenvalue weighted by Gasteiger charge is -2.19. The molecule has 5 heteroatoms. The van der Waals surface area contributed by atoms with Gasteiger partial charge in [0.15, 0.2) is 0 Å². The van der Waals surface area contributed by atoms with E-state index < -0.39 is 0 Å². The van der Waals surface area contributed by atoms with Crippen LogP contribution in [0.15, 0.2) is 67.4 Å². The molecule has 0 saturated carbocycles. The van der Waals surface area contributed by atoms with Crippen molar-refractivity contribution in [1.82, 2.24) is 19.7 Å². The Morgan fingerprint density at radius 1 is 1.05 bits per heavy atom. The van der Waals surface area contributed by atoms with Gasteiger partial charge < -0.3 is 5.32 Å². The Morgan fingerprint density at radius 3 is 2.65 bits per heavy atom. The van der Waals surface area contributed by atoms with Crippen LogP contribution in [-0.2, 0) is 6.54 Å². The van der Waals surface area contributed by atoms with Crippen molar-refractivity contribution < 1.29 is 0 Å². The first-order valence-electron chi connectivity index (χ1n) is 6.47. The minimum absolute atomic E-state index is 0.0906. The van der Waals surface area contributed by atoms with E-state index in [0.717, 1.165) is 12.4 Å². The lowest BCUT2D eigenvalue weighted by atomic mass is 10.1. The second-order valence-electron chi connectivity index (χ2n) is 4.43. The van der Waals surface area contributed by atoms with Gasteiger partial charge in [0.1, 0.15) is 5.82 Å². The van der Waals surface area contributed by atoms with Gasteiger partial charge in [-0.1, -0.05) is 30.3 Å². The first-order chi connectivity index (χ1) is 9.92. The van der Waals surface area contributed by atoms with Crippen molar-refractivity contribution in [1.29, 1.82) is 0 Å². The molecule has 2 heterocycles. The SMILES string of the molecule is c1ccc(C(Cn2cccn2)Nc2cnccn2)cc1. The number of nitrogens with one attached hydrogen (secondary N) is 1. The fraction of sp³-hybridized carbons (Fsp3) is 0.133. The minimum atomic E-state index is 0.0906. The van der Waals surface area contributed by atoms with Crippen LogP contribution >= 0.6 is 0 Å². The molecule has 1 unspecified atom stereocenters. The summed E-state index contributed by atoms with van der Waals surface area (Å²) in [6, 6.07) is 12.3. The highest BCUT2D eigenvalue weighted by atomic mass is 15.3. The molecule has 0 bridgehead atoms. The van der Waals surface area contributed by atoms with Gasteiger partial charge in [-0.2, -0.15) is 5.10 Å². The molecule has 3 rings (SSSR count). The molecule has 0 saturated heterocycles. The van der Waals surface area contributed by atoms with Crippen molar-refractivity contribution in [3.63, 3.8) is 0 Å². The highest BCUT2D eigenvalue weighted by Crippen LogP contribution is 2.19. The largest absolute Gasteiger partial charge is 0.360 e. The van der Waals surface area contributed by atoms with Gasteiger partial charge in [-0.3, -0.25) is 9.67 Å². The molecule has 5 nitrogen and oxygen atoms in total. The zero-order valence-corrected chi connectivity index (χ0v) is 10.9. The zero-order chi connectivity index (χ0) is 13.6. The maximum absolute atomic E-state index is 4.27. The van der Waals surface area contributed by atoms with Crippen LogP contribution in [0.1, 0.15) is 11.6 Å². The predicted octanol–water partition coefficient (Wildman–Crippen LogP) is 2.53. The Labute approximate surface area is 117 Å². The standard InChI is InChI=1S/C15H15N5/c1-2-5-13(6-3-1)14(12-20-10-4-7-18-20)19-15-11-16-8-9-17-15/h1-11,14H,12H2,(H,17,19). The number of nitrogens with zero attached hydrogens (tertiary/aromatic N) is 4. The van der Waals surface area contributed by atoms with Gasteiger partial charge in [0, 0.05) is 24.8 Å². The van der Waals surface area contributed by atoms with E-state index in [9.17, 15) is 0 Å². The molecule has 3 aromatic rings. The molecule has 1 N–H and O–H groups in total. The minimum Gasteiger partial charge on any atom is -0.360 e. The summed E-state index contributed by atoms with van der Waals surface area (Å²) < 4.78 is 1.90. The monoisotopic (exact) mass is 265 g/mol. The van der Waals surface area contributed by atoms with Crippen LogP contribution in [-0.4, -0.2) is 19.7 Å². The van der Waals surface area contributed by atoms with Crippen LogP contribution < -0.4 is 5.32 Å². The Morgan fingerprint density at radius 2 is 1.95 bits per heavy atom. The number of hydrogen-bond acceptors (Lipinski definition) is 4. The van der Waals surface area contributed by atoms with E-state index in [1.807, 2.05) is 35.1 Å². The molecule has 0 amide bonds. The number of anilines is 1. The van der Waals surface area contributed by atoms with Gasteiger partial charge in [0.25, 0.3) is 0 Å². The summed E-state index contributed by atoms with van der Waals surface area (Å²) >= 11 is 0. The van der Waals surface area contributed by atoms with Crippen LogP contribution in [0.4, 0.5) is 5.82 Å². The van der Waals surface area contributed by atoms with Gasteiger partial charge in [-0.25, -0.2) is 4.98 Å². The molecule has 0 spiro atoms. The van der Waals surface area contributed by atoms with Crippen molar-refractivity contribution in [2.45, 2.75) is 12.6 Å². The number of benzene rings is 1. The quantitative estimate of drug-likeness (QED) is 0.770. The molecular formula is C15H15N5. The Hall–Kier alpha value is -2.69. The molecule has 100 valence electrons. The summed E-state index contributed by atoms with van der Waals surface area (Å²) in [6.07, 6.45) is 8.80. The molecule has 1 atom stereocenters. The third kappa shape index (κ3) is 3.00. The summed E-state index contributed by atoms with van der Waals surface area (Å²) in [5.41, 5.74) is 1.19. The van der Waals surface area contributed by atoms with E-state index in [2.05, 4.69) is 32.5 Å². The lowest BCUT2D eigenvalue weighted by Crippen LogP contribution is -2.18. The fourth-order valence-electron chi connectivity index (χ4n) is 2.07. The van der Waals surface area contributed by atoms with Gasteiger partial charge >= 0.3 is 0 Å². The third-order valence-corrected chi connectivity index (χ3v) is 3.02. The highest BCUT2D eigenvalue weighted by Gasteiger charge is 2.12. The van der Waals surface area contributed by atoms with Crippen LogP contribution in [0.2, 0.25) is 0 Å². The van der Waals surface area contributed by atoms with Gasteiger partial charge in [-0.05, 0) is 11.6 Å². The Kier molecular flexibility index (Phi) is 3.68. The molecule has 0 aliphatic heterocycles. The second-order valence-corrected chi connectivity index (χ2v) is 4.43. The average molecular weight is 265 g/mol. The molecule has 0 fully saturated rings. The molecule has 0 radical (unpaired) electrons. The van der Waals surface area contributed by atoms with E-state index in [1.54, 1.807) is 24.8 Å². The van der Waals surface area contributed by atoms with E-state index in [1.165, 1.54) is 5.56 Å². The van der Waals surface area contributed by atoms with E-state index >= 15 is 0 Å². The number of aromatic nitrogens is 4. The van der Waals surface area contributed by atoms with Crippen LogP contribution in [0.5, 0.6) is 0 Å². The first kappa shape index (κ1) is 12.3. The highest BCUT2D eigenvalue weighted by molar-refractivity contribution is 5.35. The van der Waals surface area contributed by atoms with Crippen LogP contribution in [0.25, 0.3) is 0 Å². The van der Waals surface area contributed by atoms with Crippen molar-refractivity contribution in [2.75, 3.05) is 5.32 Å². The molecule has 1 aromatic carbocycles. The number of rotatable bonds is 5. The van der Waals surface area contributed by atoms with Crippen molar-refractivity contribution in [2.24, 2.45) is 0 Å². The Bertz CT molecular complexity index is 622. The predicted molar refractivity (Wildman–Crippen MR) is 77.1 cm³/mol. The molecule has 0 aliphatic rings. The zero-order valence-electron chi connectivity index (χ0n) is 10.9. The normalized spacial score (nSPS) is 12.0. The van der Waals surface area contributed by atoms with E-state index in [4.69, 9.17) is 0 Å². The summed E-state index contributed by atoms with van der Waals surface area (Å²) in [5.74, 6) is 0.758. The first-order valence-corrected chi connectivity index (χ1v) is 6.47. The summed E-state index contributed by atoms with van der Waals surface area (Å²) in [5, 5.41) is 7.66. The maximum Gasteiger partial charge on any atom is 0.145 e. The third-order valence-electron chi connectivity index (χ3n) is 3.02. The Balaban J connectivity index is 1.83. The lowest BCUT2D eigenvalue weighted by molar-refractivity contribution is 0.550. The van der Waals surface area contributed by atoms with Crippen molar-refractivity contribution in [3.8, 4) is 0 Å². The van der Waals surface area contributed by atoms with Crippen LogP contribution in [0, 0.1) is 0 Å². The second kappa shape index (κ2) is 5.97. The topological polar surface area (TPSA) is 55.6 Å². The maximum atomic E-state index is 4.27. The molecule has 0 aliphatic carbocycles. The van der Waals surface area contributed by atoms with Gasteiger partial charge in [0.2, 0.25) is 0 Å². The average Bonchev–Trinajstić information content (AvgIpc) is 3.02. The van der Waals surface area contributed by atoms with Crippen molar-refractivity contribution in [3.05, 3.63) is 72.9 Å². The van der Waals surface area contributed by atoms with Gasteiger partial charge in [-0.15, -0.1) is 0 Å². The molecule has 2 aromatic heterocycles. The van der Waals surface area contributed by atoms with Gasteiger partial charge in [0.05, 0.1) is 18.8 Å². The summed E-state index contributed by atoms with van der Waals surface area (Å²) in [7, 11) is 0. The smallest absolute Gasteiger partial charge is 0.145 e. The van der Waals surface area contributed by atoms with Crippen molar-refractivity contribution >= 4 is 5.82 Å². The molecule has 20 heavy (non-hydrogen) atoms. The number of hydrogen-bond donors (Lipinski definition) is 1. The van der Waals surface area contributed by atoms with E-state index in [-0.39, 0.29) is 6.04 Å².